The Hall–Kier alpha value is -1.84. The molecule has 0 aliphatic rings. The van der Waals surface area contributed by atoms with Gasteiger partial charge in [-0.2, -0.15) is 0 Å². The predicted octanol–water partition coefficient (Wildman–Crippen LogP) is 1.32. The number of hydrogen-bond acceptors (Lipinski definition) is 3. The van der Waals surface area contributed by atoms with Crippen LogP contribution >= 0.6 is 0 Å². The average molecular weight is 200 g/mol. The first-order valence-corrected chi connectivity index (χ1v) is 4.34. The number of para-hydroxylation sites is 1. The van der Waals surface area contributed by atoms with Gasteiger partial charge in [-0.15, -0.1) is 0 Å². The molecule has 1 aromatic carbocycles. The summed E-state index contributed by atoms with van der Waals surface area (Å²) in [6, 6.07) is 6.87. The highest BCUT2D eigenvalue weighted by Gasteiger charge is 2.02. The van der Waals surface area contributed by atoms with Gasteiger partial charge in [0.1, 0.15) is 5.75 Å². The highest BCUT2D eigenvalue weighted by atomic mass is 16.5. The van der Waals surface area contributed by atoms with Crippen LogP contribution in [0.4, 0.5) is 0 Å². The molecule has 1 aromatic rings. The van der Waals surface area contributed by atoms with Crippen molar-refractivity contribution in [2.45, 2.75) is 6.92 Å². The van der Waals surface area contributed by atoms with Crippen LogP contribution in [0.1, 0.15) is 12.5 Å². The van der Waals surface area contributed by atoms with Gasteiger partial charge < -0.3 is 9.53 Å². The van der Waals surface area contributed by atoms with Gasteiger partial charge in [0.05, 0.1) is 5.68 Å². The SMILES string of the molecule is [B]C(=O)/C=C/c1ccccc1OC(C)=O. The van der Waals surface area contributed by atoms with E-state index in [4.69, 9.17) is 12.6 Å². The smallest absolute Gasteiger partial charge is 0.308 e. The topological polar surface area (TPSA) is 43.4 Å². The number of benzene rings is 1. The molecule has 0 heterocycles. The predicted molar refractivity (Wildman–Crippen MR) is 57.5 cm³/mol. The Balaban J connectivity index is 2.95. The zero-order chi connectivity index (χ0) is 11.3. The maximum Gasteiger partial charge on any atom is 0.308 e. The molecule has 0 saturated carbocycles. The summed E-state index contributed by atoms with van der Waals surface area (Å²) in [7, 11) is 4.96. The van der Waals surface area contributed by atoms with E-state index in [1.54, 1.807) is 24.3 Å². The van der Waals surface area contributed by atoms with E-state index in [2.05, 4.69) is 0 Å². The number of allylic oxidation sites excluding steroid dienone is 1. The molecule has 0 saturated heterocycles. The van der Waals surface area contributed by atoms with Crippen molar-refractivity contribution in [3.8, 4) is 5.75 Å². The molecular weight excluding hydrogens is 191 g/mol. The fraction of sp³-hybridized carbons (Fsp3) is 0.0909. The lowest BCUT2D eigenvalue weighted by Gasteiger charge is -2.04. The summed E-state index contributed by atoms with van der Waals surface area (Å²) in [5.74, 6) is -0.00238. The monoisotopic (exact) mass is 200 g/mol. The second-order valence-corrected chi connectivity index (χ2v) is 2.87. The van der Waals surface area contributed by atoms with Crippen molar-refractivity contribution >= 4 is 25.6 Å². The highest BCUT2D eigenvalue weighted by molar-refractivity contribution is 6.61. The van der Waals surface area contributed by atoms with E-state index in [1.165, 1.54) is 19.1 Å². The van der Waals surface area contributed by atoms with Crippen molar-refractivity contribution < 1.29 is 14.3 Å². The van der Waals surface area contributed by atoms with Gasteiger partial charge in [-0.05, 0) is 18.2 Å². The molecule has 0 aliphatic carbocycles. The van der Waals surface area contributed by atoms with Gasteiger partial charge in [0.2, 0.25) is 0 Å². The van der Waals surface area contributed by atoms with Crippen molar-refractivity contribution in [3.05, 3.63) is 35.9 Å². The summed E-state index contributed by atoms with van der Waals surface area (Å²) in [5, 5.41) is 0. The molecule has 1 rings (SSSR count). The number of ether oxygens (including phenoxy) is 1. The quantitative estimate of drug-likeness (QED) is 0.320. The standard InChI is InChI=1S/C11H9BO3/c1-8(13)15-10-5-3-2-4-9(10)6-7-11(12)14/h2-7H,1H3/b7-6+. The van der Waals surface area contributed by atoms with Crippen LogP contribution in [0.2, 0.25) is 0 Å². The summed E-state index contributed by atoms with van der Waals surface area (Å²) in [6.07, 6.45) is 2.71. The second-order valence-electron chi connectivity index (χ2n) is 2.87. The number of carbonyl (C=O) groups excluding carboxylic acids is 2. The van der Waals surface area contributed by atoms with Gasteiger partial charge in [0, 0.05) is 12.5 Å². The number of esters is 1. The van der Waals surface area contributed by atoms with E-state index < -0.39 is 11.7 Å². The summed E-state index contributed by atoms with van der Waals surface area (Å²) < 4.78 is 4.94. The Bertz CT molecular complexity index is 410. The molecular formula is C11H9BO3. The van der Waals surface area contributed by atoms with Crippen molar-refractivity contribution in [2.75, 3.05) is 0 Å². The Morgan fingerprint density at radius 1 is 1.33 bits per heavy atom. The van der Waals surface area contributed by atoms with Gasteiger partial charge in [-0.25, -0.2) is 0 Å². The lowest BCUT2D eigenvalue weighted by atomic mass is 10.0. The Labute approximate surface area is 89.2 Å². The third-order valence-electron chi connectivity index (χ3n) is 1.60. The lowest BCUT2D eigenvalue weighted by Crippen LogP contribution is -2.02. The zero-order valence-corrected chi connectivity index (χ0v) is 8.27. The number of carbonyl (C=O) groups is 2. The molecule has 0 spiro atoms. The first-order chi connectivity index (χ1) is 7.09. The van der Waals surface area contributed by atoms with Crippen LogP contribution in [-0.4, -0.2) is 19.5 Å². The molecule has 0 aliphatic heterocycles. The summed E-state index contributed by atoms with van der Waals surface area (Å²) in [4.78, 5) is 21.3. The lowest BCUT2D eigenvalue weighted by molar-refractivity contribution is -0.131. The molecule has 4 heteroatoms. The summed E-state index contributed by atoms with van der Waals surface area (Å²) in [6.45, 7) is 1.31. The maximum absolute atomic E-state index is 10.8. The van der Waals surface area contributed by atoms with Gasteiger partial charge in [0.25, 0.3) is 0 Å². The van der Waals surface area contributed by atoms with E-state index in [9.17, 15) is 9.59 Å². The van der Waals surface area contributed by atoms with Crippen LogP contribution in [-0.2, 0) is 9.59 Å². The molecule has 74 valence electrons. The summed E-state index contributed by atoms with van der Waals surface area (Å²) in [5.41, 5.74) is 0.0825. The Morgan fingerprint density at radius 2 is 2.00 bits per heavy atom. The molecule has 0 unspecified atom stereocenters. The van der Waals surface area contributed by atoms with Crippen molar-refractivity contribution in [2.24, 2.45) is 0 Å². The largest absolute Gasteiger partial charge is 0.426 e. The van der Waals surface area contributed by atoms with E-state index in [0.29, 0.717) is 11.3 Å². The molecule has 0 atom stereocenters. The fourth-order valence-corrected chi connectivity index (χ4v) is 1.04. The van der Waals surface area contributed by atoms with Crippen LogP contribution < -0.4 is 4.74 Å². The van der Waals surface area contributed by atoms with E-state index >= 15 is 0 Å². The van der Waals surface area contributed by atoms with Crippen LogP contribution in [0.25, 0.3) is 6.08 Å². The van der Waals surface area contributed by atoms with Crippen LogP contribution in [0.5, 0.6) is 5.75 Å². The van der Waals surface area contributed by atoms with E-state index in [-0.39, 0.29) is 0 Å². The third-order valence-corrected chi connectivity index (χ3v) is 1.60. The van der Waals surface area contributed by atoms with Gasteiger partial charge in [-0.1, -0.05) is 18.2 Å². The molecule has 2 radical (unpaired) electrons. The van der Waals surface area contributed by atoms with Crippen LogP contribution in [0, 0.1) is 0 Å². The van der Waals surface area contributed by atoms with Crippen molar-refractivity contribution in [1.29, 1.82) is 0 Å². The molecule has 15 heavy (non-hydrogen) atoms. The van der Waals surface area contributed by atoms with Gasteiger partial charge in [-0.3, -0.25) is 4.79 Å². The fourth-order valence-electron chi connectivity index (χ4n) is 1.04. The minimum atomic E-state index is -0.548. The molecule has 0 aromatic heterocycles. The van der Waals surface area contributed by atoms with E-state index in [1.807, 2.05) is 0 Å². The Kier molecular flexibility index (Phi) is 3.86. The van der Waals surface area contributed by atoms with Crippen molar-refractivity contribution in [1.82, 2.24) is 0 Å². The molecule has 0 N–H and O–H groups in total. The molecule has 0 amide bonds. The van der Waals surface area contributed by atoms with Gasteiger partial charge >= 0.3 is 5.97 Å². The minimum absolute atomic E-state index is 0.405. The number of hydrogen-bond donors (Lipinski definition) is 0. The summed E-state index contributed by atoms with van der Waals surface area (Å²) >= 11 is 0. The van der Waals surface area contributed by atoms with Crippen molar-refractivity contribution in [3.63, 3.8) is 0 Å². The third kappa shape index (κ3) is 3.81. The molecule has 3 nitrogen and oxygen atoms in total. The maximum atomic E-state index is 10.8. The first kappa shape index (κ1) is 11.2. The average Bonchev–Trinajstić information content (AvgIpc) is 2.15. The Morgan fingerprint density at radius 3 is 2.60 bits per heavy atom. The zero-order valence-electron chi connectivity index (χ0n) is 8.27. The van der Waals surface area contributed by atoms with Crippen LogP contribution in [0.15, 0.2) is 30.3 Å². The normalized spacial score (nSPS) is 10.2. The second kappa shape index (κ2) is 5.15. The van der Waals surface area contributed by atoms with E-state index in [0.717, 1.165) is 0 Å². The highest BCUT2D eigenvalue weighted by Crippen LogP contribution is 2.19. The van der Waals surface area contributed by atoms with Gasteiger partial charge in [0.15, 0.2) is 7.85 Å². The molecule has 0 bridgehead atoms. The van der Waals surface area contributed by atoms with Crippen LogP contribution in [0.3, 0.4) is 0 Å². The first-order valence-electron chi connectivity index (χ1n) is 4.34. The molecule has 0 fully saturated rings. The minimum Gasteiger partial charge on any atom is -0.426 e. The number of rotatable bonds is 3.